The lowest BCUT2D eigenvalue weighted by molar-refractivity contribution is -0.120. The molecule has 0 spiro atoms. The molecule has 7 nitrogen and oxygen atoms in total. The Morgan fingerprint density at radius 1 is 0.788 bits per heavy atom. The molecule has 0 radical (unpaired) electrons. The Labute approximate surface area is 193 Å². The van der Waals surface area contributed by atoms with Gasteiger partial charge in [-0.15, -0.1) is 0 Å². The zero-order valence-electron chi connectivity index (χ0n) is 18.5. The molecule has 0 saturated heterocycles. The summed E-state index contributed by atoms with van der Waals surface area (Å²) in [6, 6.07) is 23.8. The molecule has 3 aromatic rings. The van der Waals surface area contributed by atoms with Crippen LogP contribution in [0.2, 0.25) is 0 Å². The average Bonchev–Trinajstić information content (AvgIpc) is 2.83. The Kier molecular flexibility index (Phi) is 8.59. The van der Waals surface area contributed by atoms with E-state index in [1.54, 1.807) is 36.4 Å². The van der Waals surface area contributed by atoms with Crippen LogP contribution in [0.3, 0.4) is 0 Å². The maximum absolute atomic E-state index is 12.6. The molecule has 3 aromatic carbocycles. The minimum atomic E-state index is -0.456. The third-order valence-corrected chi connectivity index (χ3v) is 4.81. The summed E-state index contributed by atoms with van der Waals surface area (Å²) in [6.07, 6.45) is 0.710. The molecule has 0 aromatic heterocycles. The summed E-state index contributed by atoms with van der Waals surface area (Å²) < 4.78 is 5.56. The van der Waals surface area contributed by atoms with Crippen molar-refractivity contribution in [3.05, 3.63) is 95.6 Å². The van der Waals surface area contributed by atoms with Crippen LogP contribution in [0.15, 0.2) is 78.9 Å². The van der Waals surface area contributed by atoms with E-state index in [4.69, 9.17) is 4.74 Å². The third-order valence-electron chi connectivity index (χ3n) is 4.81. The SMILES string of the molecule is Cc1ccc(NC(=O)COc2ccccc2C(=O)NCC(=O)NCCc2ccccc2)cc1. The van der Waals surface area contributed by atoms with E-state index in [0.717, 1.165) is 11.1 Å². The second-order valence-electron chi connectivity index (χ2n) is 7.47. The first-order valence-electron chi connectivity index (χ1n) is 10.7. The summed E-state index contributed by atoms with van der Waals surface area (Å²) >= 11 is 0. The van der Waals surface area contributed by atoms with Gasteiger partial charge in [0.1, 0.15) is 5.75 Å². The lowest BCUT2D eigenvalue weighted by Crippen LogP contribution is -2.37. The minimum absolute atomic E-state index is 0.157. The molecule has 0 heterocycles. The summed E-state index contributed by atoms with van der Waals surface area (Å²) in [7, 11) is 0. The molecular weight excluding hydrogens is 418 g/mol. The molecule has 0 aliphatic carbocycles. The van der Waals surface area contributed by atoms with Crippen LogP contribution in [-0.2, 0) is 16.0 Å². The molecule has 0 atom stereocenters. The number of benzene rings is 3. The van der Waals surface area contributed by atoms with E-state index < -0.39 is 5.91 Å². The topological polar surface area (TPSA) is 96.5 Å². The Morgan fingerprint density at radius 3 is 2.24 bits per heavy atom. The first-order valence-corrected chi connectivity index (χ1v) is 10.7. The smallest absolute Gasteiger partial charge is 0.262 e. The van der Waals surface area contributed by atoms with Crippen molar-refractivity contribution in [2.75, 3.05) is 25.0 Å². The van der Waals surface area contributed by atoms with E-state index in [1.165, 1.54) is 0 Å². The van der Waals surface area contributed by atoms with Crippen molar-refractivity contribution in [2.45, 2.75) is 13.3 Å². The first kappa shape index (κ1) is 23.5. The summed E-state index contributed by atoms with van der Waals surface area (Å²) in [5, 5.41) is 8.11. The maximum atomic E-state index is 12.6. The highest BCUT2D eigenvalue weighted by atomic mass is 16.5. The second kappa shape index (κ2) is 12.0. The highest BCUT2D eigenvalue weighted by Gasteiger charge is 2.14. The number of para-hydroxylation sites is 1. The van der Waals surface area contributed by atoms with Gasteiger partial charge in [-0.05, 0) is 43.2 Å². The van der Waals surface area contributed by atoms with Crippen molar-refractivity contribution in [3.63, 3.8) is 0 Å². The Bertz CT molecular complexity index is 1080. The predicted octanol–water partition coefficient (Wildman–Crippen LogP) is 3.10. The summed E-state index contributed by atoms with van der Waals surface area (Å²) in [5.41, 5.74) is 3.13. The predicted molar refractivity (Wildman–Crippen MR) is 127 cm³/mol. The van der Waals surface area contributed by atoms with Gasteiger partial charge in [-0.25, -0.2) is 0 Å². The van der Waals surface area contributed by atoms with Crippen LogP contribution in [-0.4, -0.2) is 37.4 Å². The Hall–Kier alpha value is -4.13. The van der Waals surface area contributed by atoms with Crippen LogP contribution in [0.5, 0.6) is 5.75 Å². The van der Waals surface area contributed by atoms with E-state index in [0.29, 0.717) is 18.7 Å². The van der Waals surface area contributed by atoms with Crippen LogP contribution < -0.4 is 20.7 Å². The molecule has 33 heavy (non-hydrogen) atoms. The number of hydrogen-bond acceptors (Lipinski definition) is 4. The number of rotatable bonds is 10. The largest absolute Gasteiger partial charge is 0.483 e. The Morgan fingerprint density at radius 2 is 1.48 bits per heavy atom. The molecule has 7 heteroatoms. The molecule has 0 unspecified atom stereocenters. The van der Waals surface area contributed by atoms with Crippen molar-refractivity contribution in [1.29, 1.82) is 0 Å². The monoisotopic (exact) mass is 445 g/mol. The van der Waals surface area contributed by atoms with Gasteiger partial charge in [0, 0.05) is 12.2 Å². The number of amides is 3. The van der Waals surface area contributed by atoms with Gasteiger partial charge >= 0.3 is 0 Å². The van der Waals surface area contributed by atoms with Crippen LogP contribution in [0.4, 0.5) is 5.69 Å². The minimum Gasteiger partial charge on any atom is -0.483 e. The van der Waals surface area contributed by atoms with E-state index >= 15 is 0 Å². The van der Waals surface area contributed by atoms with Gasteiger partial charge in [0.05, 0.1) is 12.1 Å². The van der Waals surface area contributed by atoms with Crippen LogP contribution in [0.1, 0.15) is 21.5 Å². The molecule has 0 bridgehead atoms. The van der Waals surface area contributed by atoms with E-state index in [2.05, 4.69) is 16.0 Å². The standard InChI is InChI=1S/C26H27N3O4/c1-19-11-13-21(14-12-19)29-25(31)18-33-23-10-6-5-9-22(23)26(32)28-17-24(30)27-16-15-20-7-3-2-4-8-20/h2-14H,15-18H2,1H3,(H,27,30)(H,28,32)(H,29,31). The molecule has 0 saturated carbocycles. The third kappa shape index (κ3) is 7.81. The molecule has 3 N–H and O–H groups in total. The number of aryl methyl sites for hydroxylation is 1. The second-order valence-corrected chi connectivity index (χ2v) is 7.47. The van der Waals surface area contributed by atoms with Crippen molar-refractivity contribution in [2.24, 2.45) is 0 Å². The first-order chi connectivity index (χ1) is 16.0. The summed E-state index contributed by atoms with van der Waals surface area (Å²) in [6.45, 7) is 2.04. The molecular formula is C26H27N3O4. The van der Waals surface area contributed by atoms with Crippen molar-refractivity contribution < 1.29 is 19.1 Å². The molecule has 0 aliphatic rings. The van der Waals surface area contributed by atoms with E-state index in [1.807, 2.05) is 49.4 Å². The van der Waals surface area contributed by atoms with E-state index in [-0.39, 0.29) is 36.3 Å². The number of carbonyl (C=O) groups excluding carboxylic acids is 3. The number of anilines is 1. The lowest BCUT2D eigenvalue weighted by atomic mass is 10.1. The van der Waals surface area contributed by atoms with Crippen molar-refractivity contribution >= 4 is 23.4 Å². The fourth-order valence-electron chi connectivity index (χ4n) is 3.07. The van der Waals surface area contributed by atoms with Crippen LogP contribution >= 0.6 is 0 Å². The molecule has 3 rings (SSSR count). The number of carbonyl (C=O) groups is 3. The van der Waals surface area contributed by atoms with Crippen LogP contribution in [0, 0.1) is 6.92 Å². The van der Waals surface area contributed by atoms with Gasteiger partial charge in [-0.2, -0.15) is 0 Å². The molecule has 3 amide bonds. The summed E-state index contributed by atoms with van der Waals surface area (Å²) in [4.78, 5) is 36.8. The highest BCUT2D eigenvalue weighted by Crippen LogP contribution is 2.18. The Balaban J connectivity index is 1.45. The fourth-order valence-corrected chi connectivity index (χ4v) is 3.07. The van der Waals surface area contributed by atoms with Crippen LogP contribution in [0.25, 0.3) is 0 Å². The lowest BCUT2D eigenvalue weighted by Gasteiger charge is -2.12. The van der Waals surface area contributed by atoms with Crippen molar-refractivity contribution in [3.8, 4) is 5.75 Å². The average molecular weight is 446 g/mol. The zero-order valence-corrected chi connectivity index (χ0v) is 18.5. The van der Waals surface area contributed by atoms with Gasteiger partial charge in [0.15, 0.2) is 6.61 Å². The summed E-state index contributed by atoms with van der Waals surface area (Å²) in [5.74, 6) is -0.816. The zero-order chi connectivity index (χ0) is 23.5. The molecule has 0 aliphatic heterocycles. The number of ether oxygens (including phenoxy) is 1. The number of nitrogens with one attached hydrogen (secondary N) is 3. The van der Waals surface area contributed by atoms with Gasteiger partial charge in [-0.3, -0.25) is 14.4 Å². The van der Waals surface area contributed by atoms with E-state index in [9.17, 15) is 14.4 Å². The van der Waals surface area contributed by atoms with Gasteiger partial charge < -0.3 is 20.7 Å². The maximum Gasteiger partial charge on any atom is 0.262 e. The van der Waals surface area contributed by atoms with Gasteiger partial charge in [-0.1, -0.05) is 60.2 Å². The number of hydrogen-bond donors (Lipinski definition) is 3. The normalized spacial score (nSPS) is 10.2. The molecule has 170 valence electrons. The molecule has 0 fully saturated rings. The van der Waals surface area contributed by atoms with Gasteiger partial charge in [0.25, 0.3) is 11.8 Å². The van der Waals surface area contributed by atoms with Gasteiger partial charge in [0.2, 0.25) is 5.91 Å². The quantitative estimate of drug-likeness (QED) is 0.447. The van der Waals surface area contributed by atoms with Crippen molar-refractivity contribution in [1.82, 2.24) is 10.6 Å². The highest BCUT2D eigenvalue weighted by molar-refractivity contribution is 5.99. The fraction of sp³-hybridized carbons (Fsp3) is 0.192.